The highest BCUT2D eigenvalue weighted by molar-refractivity contribution is 4.83. The van der Waals surface area contributed by atoms with Gasteiger partial charge in [-0.05, 0) is 51.9 Å². The Morgan fingerprint density at radius 1 is 1.15 bits per heavy atom. The van der Waals surface area contributed by atoms with Gasteiger partial charge in [-0.1, -0.05) is 13.8 Å². The summed E-state index contributed by atoms with van der Waals surface area (Å²) in [4.78, 5) is 0. The SMILES string of the molecule is CCC(C)(C)NC1CCC(C)CC1. The predicted octanol–water partition coefficient (Wildman–Crippen LogP) is 3.34. The van der Waals surface area contributed by atoms with E-state index in [9.17, 15) is 0 Å². The van der Waals surface area contributed by atoms with Gasteiger partial charge < -0.3 is 5.32 Å². The summed E-state index contributed by atoms with van der Waals surface area (Å²) < 4.78 is 0. The Balaban J connectivity index is 2.30. The summed E-state index contributed by atoms with van der Waals surface area (Å²) in [6.07, 6.45) is 6.81. The van der Waals surface area contributed by atoms with Gasteiger partial charge in [0.15, 0.2) is 0 Å². The minimum Gasteiger partial charge on any atom is -0.309 e. The van der Waals surface area contributed by atoms with Crippen molar-refractivity contribution < 1.29 is 0 Å². The van der Waals surface area contributed by atoms with Gasteiger partial charge in [0.1, 0.15) is 0 Å². The van der Waals surface area contributed by atoms with Crippen LogP contribution in [0.3, 0.4) is 0 Å². The standard InChI is InChI=1S/C12H25N/c1-5-12(3,4)13-11-8-6-10(2)7-9-11/h10-11,13H,5-9H2,1-4H3. The third-order valence-electron chi connectivity index (χ3n) is 3.49. The van der Waals surface area contributed by atoms with Crippen LogP contribution in [0.4, 0.5) is 0 Å². The highest BCUT2D eigenvalue weighted by Crippen LogP contribution is 2.25. The van der Waals surface area contributed by atoms with Gasteiger partial charge in [-0.25, -0.2) is 0 Å². The first-order valence-corrected chi connectivity index (χ1v) is 5.81. The van der Waals surface area contributed by atoms with Crippen LogP contribution in [0.15, 0.2) is 0 Å². The molecular weight excluding hydrogens is 158 g/mol. The van der Waals surface area contributed by atoms with Crippen LogP contribution in [-0.2, 0) is 0 Å². The Morgan fingerprint density at radius 2 is 1.69 bits per heavy atom. The van der Waals surface area contributed by atoms with Crippen molar-refractivity contribution in [2.45, 2.75) is 71.4 Å². The molecule has 0 spiro atoms. The van der Waals surface area contributed by atoms with E-state index < -0.39 is 0 Å². The summed E-state index contributed by atoms with van der Waals surface area (Å²) in [7, 11) is 0. The third kappa shape index (κ3) is 3.68. The zero-order valence-electron chi connectivity index (χ0n) is 9.69. The monoisotopic (exact) mass is 183 g/mol. The molecule has 0 saturated heterocycles. The van der Waals surface area contributed by atoms with Crippen molar-refractivity contribution in [2.24, 2.45) is 5.92 Å². The summed E-state index contributed by atoms with van der Waals surface area (Å²) >= 11 is 0. The minimum absolute atomic E-state index is 0.339. The van der Waals surface area contributed by atoms with E-state index in [1.807, 2.05) is 0 Å². The lowest BCUT2D eigenvalue weighted by molar-refractivity contribution is 0.245. The molecule has 0 aromatic carbocycles. The van der Waals surface area contributed by atoms with Crippen LogP contribution in [0.2, 0.25) is 0 Å². The third-order valence-corrected chi connectivity index (χ3v) is 3.49. The van der Waals surface area contributed by atoms with Gasteiger partial charge in [-0.15, -0.1) is 0 Å². The van der Waals surface area contributed by atoms with E-state index >= 15 is 0 Å². The lowest BCUT2D eigenvalue weighted by Gasteiger charge is -2.34. The largest absolute Gasteiger partial charge is 0.309 e. The van der Waals surface area contributed by atoms with Crippen LogP contribution in [-0.4, -0.2) is 11.6 Å². The number of nitrogens with one attached hydrogen (secondary N) is 1. The second-order valence-corrected chi connectivity index (χ2v) is 5.34. The summed E-state index contributed by atoms with van der Waals surface area (Å²) in [6, 6.07) is 0.783. The van der Waals surface area contributed by atoms with E-state index in [4.69, 9.17) is 0 Å². The molecule has 1 aliphatic carbocycles. The number of hydrogen-bond donors (Lipinski definition) is 1. The highest BCUT2D eigenvalue weighted by Gasteiger charge is 2.23. The van der Waals surface area contributed by atoms with Crippen LogP contribution in [0.1, 0.15) is 59.8 Å². The Labute approximate surface area is 83.3 Å². The van der Waals surface area contributed by atoms with Gasteiger partial charge in [0.05, 0.1) is 0 Å². The van der Waals surface area contributed by atoms with Gasteiger partial charge in [-0.3, -0.25) is 0 Å². The first-order valence-electron chi connectivity index (χ1n) is 5.81. The first kappa shape index (κ1) is 11.0. The number of rotatable bonds is 3. The molecule has 1 saturated carbocycles. The molecule has 1 aliphatic rings. The summed E-state index contributed by atoms with van der Waals surface area (Å²) in [6.45, 7) is 9.26. The lowest BCUT2D eigenvalue weighted by Crippen LogP contribution is -2.46. The van der Waals surface area contributed by atoms with E-state index in [0.29, 0.717) is 5.54 Å². The van der Waals surface area contributed by atoms with E-state index in [0.717, 1.165) is 12.0 Å². The fraction of sp³-hybridized carbons (Fsp3) is 1.00. The van der Waals surface area contributed by atoms with Crippen LogP contribution < -0.4 is 5.32 Å². The van der Waals surface area contributed by atoms with Crippen LogP contribution in [0.5, 0.6) is 0 Å². The normalized spacial score (nSPS) is 30.5. The van der Waals surface area contributed by atoms with Crippen molar-refractivity contribution in [3.05, 3.63) is 0 Å². The molecule has 0 heterocycles. The predicted molar refractivity (Wildman–Crippen MR) is 58.9 cm³/mol. The number of hydrogen-bond acceptors (Lipinski definition) is 1. The smallest absolute Gasteiger partial charge is 0.0125 e. The molecule has 0 aromatic rings. The molecule has 1 N–H and O–H groups in total. The average molecular weight is 183 g/mol. The molecule has 1 nitrogen and oxygen atoms in total. The summed E-state index contributed by atoms with van der Waals surface area (Å²) in [5, 5.41) is 3.77. The topological polar surface area (TPSA) is 12.0 Å². The Bertz CT molecular complexity index is 143. The van der Waals surface area contributed by atoms with Crippen LogP contribution in [0.25, 0.3) is 0 Å². The highest BCUT2D eigenvalue weighted by atomic mass is 15.0. The van der Waals surface area contributed by atoms with Gasteiger partial charge in [0.25, 0.3) is 0 Å². The molecule has 0 aromatic heterocycles. The van der Waals surface area contributed by atoms with Crippen molar-refractivity contribution in [1.82, 2.24) is 5.32 Å². The molecule has 0 bridgehead atoms. The van der Waals surface area contributed by atoms with Gasteiger partial charge in [-0.2, -0.15) is 0 Å². The van der Waals surface area contributed by atoms with Crippen LogP contribution in [0, 0.1) is 5.92 Å². The maximum Gasteiger partial charge on any atom is 0.0125 e. The fourth-order valence-electron chi connectivity index (χ4n) is 2.06. The Morgan fingerprint density at radius 3 is 2.15 bits per heavy atom. The molecule has 13 heavy (non-hydrogen) atoms. The van der Waals surface area contributed by atoms with E-state index in [1.165, 1.54) is 32.1 Å². The zero-order valence-corrected chi connectivity index (χ0v) is 9.69. The summed E-state index contributed by atoms with van der Waals surface area (Å²) in [5.41, 5.74) is 0.339. The maximum atomic E-state index is 3.77. The van der Waals surface area contributed by atoms with Crippen molar-refractivity contribution in [3.63, 3.8) is 0 Å². The molecule has 1 heteroatoms. The second kappa shape index (κ2) is 4.45. The maximum absolute atomic E-state index is 3.77. The van der Waals surface area contributed by atoms with Crippen molar-refractivity contribution >= 4 is 0 Å². The molecule has 0 aliphatic heterocycles. The molecule has 0 radical (unpaired) electrons. The van der Waals surface area contributed by atoms with Crippen molar-refractivity contribution in [3.8, 4) is 0 Å². The molecule has 78 valence electrons. The van der Waals surface area contributed by atoms with Gasteiger partial charge in [0.2, 0.25) is 0 Å². The van der Waals surface area contributed by atoms with E-state index in [1.54, 1.807) is 0 Å². The lowest BCUT2D eigenvalue weighted by atomic mass is 9.86. The molecule has 1 fully saturated rings. The Kier molecular flexibility index (Phi) is 3.78. The van der Waals surface area contributed by atoms with Gasteiger partial charge in [0, 0.05) is 11.6 Å². The zero-order chi connectivity index (χ0) is 9.90. The van der Waals surface area contributed by atoms with Gasteiger partial charge >= 0.3 is 0 Å². The van der Waals surface area contributed by atoms with E-state index in [2.05, 4.69) is 33.0 Å². The van der Waals surface area contributed by atoms with Crippen LogP contribution >= 0.6 is 0 Å². The molecule has 0 unspecified atom stereocenters. The molecule has 1 rings (SSSR count). The molecule has 0 amide bonds. The van der Waals surface area contributed by atoms with Crippen molar-refractivity contribution in [1.29, 1.82) is 0 Å². The Hall–Kier alpha value is -0.0400. The average Bonchev–Trinajstić information content (AvgIpc) is 2.09. The molecular formula is C12H25N. The quantitative estimate of drug-likeness (QED) is 0.707. The second-order valence-electron chi connectivity index (χ2n) is 5.34. The fourth-order valence-corrected chi connectivity index (χ4v) is 2.06. The first-order chi connectivity index (χ1) is 6.03. The van der Waals surface area contributed by atoms with E-state index in [-0.39, 0.29) is 0 Å². The molecule has 0 atom stereocenters. The summed E-state index contributed by atoms with van der Waals surface area (Å²) in [5.74, 6) is 0.961. The van der Waals surface area contributed by atoms with Crippen molar-refractivity contribution in [2.75, 3.05) is 0 Å². The minimum atomic E-state index is 0.339.